The van der Waals surface area contributed by atoms with Crippen molar-refractivity contribution in [3.8, 4) is 11.4 Å². The third-order valence-corrected chi connectivity index (χ3v) is 3.27. The number of benzene rings is 1. The smallest absolute Gasteiger partial charge is 0.146 e. The molecule has 18 heavy (non-hydrogen) atoms. The van der Waals surface area contributed by atoms with Gasteiger partial charge in [0.2, 0.25) is 0 Å². The Morgan fingerprint density at radius 1 is 1.00 bits per heavy atom. The predicted octanol–water partition coefficient (Wildman–Crippen LogP) is 3.48. The van der Waals surface area contributed by atoms with Crippen LogP contribution in [0.1, 0.15) is 0 Å². The average Bonchev–Trinajstić information content (AvgIpc) is 3.01. The molecule has 3 nitrogen and oxygen atoms in total. The number of hydrogen-bond acceptors (Lipinski definition) is 1. The fourth-order valence-corrected chi connectivity index (χ4v) is 2.40. The Morgan fingerprint density at radius 3 is 2.89 bits per heavy atom. The van der Waals surface area contributed by atoms with Gasteiger partial charge in [0.25, 0.3) is 0 Å². The number of para-hydroxylation sites is 1. The molecule has 0 amide bonds. The summed E-state index contributed by atoms with van der Waals surface area (Å²) in [4.78, 5) is 7.82. The number of hydrogen-bond donors (Lipinski definition) is 1. The van der Waals surface area contributed by atoms with Gasteiger partial charge < -0.3 is 4.98 Å². The van der Waals surface area contributed by atoms with Crippen LogP contribution < -0.4 is 0 Å². The van der Waals surface area contributed by atoms with Crippen LogP contribution in [0.4, 0.5) is 0 Å². The summed E-state index contributed by atoms with van der Waals surface area (Å²) < 4.78 is 2.11. The molecule has 0 saturated heterocycles. The molecule has 0 aliphatic rings. The first-order valence-corrected chi connectivity index (χ1v) is 5.92. The second-order valence-electron chi connectivity index (χ2n) is 4.33. The number of pyridine rings is 1. The second kappa shape index (κ2) is 3.47. The van der Waals surface area contributed by atoms with E-state index in [-0.39, 0.29) is 0 Å². The predicted molar refractivity (Wildman–Crippen MR) is 72.5 cm³/mol. The highest BCUT2D eigenvalue weighted by Gasteiger charge is 2.10. The van der Waals surface area contributed by atoms with Crippen LogP contribution in [0, 0.1) is 0 Å². The van der Waals surface area contributed by atoms with E-state index >= 15 is 0 Å². The lowest BCUT2D eigenvalue weighted by molar-refractivity contribution is 1.17. The Kier molecular flexibility index (Phi) is 1.83. The number of fused-ring (bicyclic) bond motifs is 2. The number of H-pyrrole nitrogens is 1. The molecule has 3 aromatic heterocycles. The van der Waals surface area contributed by atoms with Gasteiger partial charge in [0.15, 0.2) is 0 Å². The van der Waals surface area contributed by atoms with Crippen LogP contribution in [-0.2, 0) is 0 Å². The van der Waals surface area contributed by atoms with Crippen LogP contribution in [0.25, 0.3) is 27.8 Å². The first-order valence-electron chi connectivity index (χ1n) is 5.92. The number of imidazole rings is 1. The second-order valence-corrected chi connectivity index (χ2v) is 4.33. The molecular formula is C15H11N3. The van der Waals surface area contributed by atoms with Gasteiger partial charge >= 0.3 is 0 Å². The molecule has 0 fully saturated rings. The summed E-state index contributed by atoms with van der Waals surface area (Å²) in [6.45, 7) is 0. The molecule has 0 saturated carbocycles. The lowest BCUT2D eigenvalue weighted by atomic mass is 10.1. The molecule has 0 aliphatic carbocycles. The van der Waals surface area contributed by atoms with E-state index in [1.807, 2.05) is 36.8 Å². The minimum atomic E-state index is 0.975. The number of aromatic nitrogens is 3. The molecule has 1 N–H and O–H groups in total. The van der Waals surface area contributed by atoms with E-state index in [0.717, 1.165) is 22.4 Å². The topological polar surface area (TPSA) is 33.1 Å². The van der Waals surface area contributed by atoms with Gasteiger partial charge in [-0.2, -0.15) is 0 Å². The molecule has 3 heteroatoms. The van der Waals surface area contributed by atoms with Gasteiger partial charge in [-0.3, -0.25) is 4.40 Å². The molecule has 4 aromatic rings. The van der Waals surface area contributed by atoms with Crippen molar-refractivity contribution in [3.05, 3.63) is 61.1 Å². The maximum Gasteiger partial charge on any atom is 0.146 e. The molecule has 0 radical (unpaired) electrons. The standard InChI is InChI=1S/C15H11N3/c1-2-7-14-12(6-1)13(10-16-14)15-17-9-11-5-3-4-8-18(11)15/h1-10,16H. The maximum atomic E-state index is 4.53. The van der Waals surface area contributed by atoms with E-state index in [2.05, 4.69) is 38.6 Å². The minimum Gasteiger partial charge on any atom is -0.360 e. The number of nitrogens with one attached hydrogen (secondary N) is 1. The van der Waals surface area contributed by atoms with Gasteiger partial charge in [-0.1, -0.05) is 24.3 Å². The lowest BCUT2D eigenvalue weighted by Crippen LogP contribution is -1.87. The van der Waals surface area contributed by atoms with Crippen LogP contribution in [0.3, 0.4) is 0 Å². The van der Waals surface area contributed by atoms with Crippen molar-refractivity contribution in [3.63, 3.8) is 0 Å². The van der Waals surface area contributed by atoms with Crippen molar-refractivity contribution >= 4 is 16.4 Å². The highest BCUT2D eigenvalue weighted by Crippen LogP contribution is 2.27. The Bertz CT molecular complexity index is 767. The quantitative estimate of drug-likeness (QED) is 0.536. The minimum absolute atomic E-state index is 0.975. The van der Waals surface area contributed by atoms with Crippen LogP contribution in [-0.4, -0.2) is 14.4 Å². The van der Waals surface area contributed by atoms with E-state index in [1.165, 1.54) is 5.39 Å². The van der Waals surface area contributed by atoms with Crippen LogP contribution in [0.15, 0.2) is 61.1 Å². The number of rotatable bonds is 1. The molecule has 0 spiro atoms. The summed E-state index contributed by atoms with van der Waals surface area (Å²) >= 11 is 0. The molecule has 0 unspecified atom stereocenters. The monoisotopic (exact) mass is 233 g/mol. The first-order chi connectivity index (χ1) is 8.93. The Labute approximate surface area is 104 Å². The molecule has 4 rings (SSSR count). The van der Waals surface area contributed by atoms with Crippen molar-refractivity contribution in [2.24, 2.45) is 0 Å². The Balaban J connectivity index is 2.08. The summed E-state index contributed by atoms with van der Waals surface area (Å²) in [5, 5.41) is 1.20. The van der Waals surface area contributed by atoms with Gasteiger partial charge in [-0.15, -0.1) is 0 Å². The van der Waals surface area contributed by atoms with Crippen LogP contribution in [0.5, 0.6) is 0 Å². The highest BCUT2D eigenvalue weighted by atomic mass is 15.0. The van der Waals surface area contributed by atoms with E-state index < -0.39 is 0 Å². The molecule has 0 aliphatic heterocycles. The Morgan fingerprint density at radius 2 is 1.89 bits per heavy atom. The highest BCUT2D eigenvalue weighted by molar-refractivity contribution is 5.94. The van der Waals surface area contributed by atoms with Gasteiger partial charge in [0, 0.05) is 28.9 Å². The lowest BCUT2D eigenvalue weighted by Gasteiger charge is -1.99. The summed E-state index contributed by atoms with van der Waals surface area (Å²) in [7, 11) is 0. The summed E-state index contributed by atoms with van der Waals surface area (Å²) in [5.74, 6) is 0.975. The summed E-state index contributed by atoms with van der Waals surface area (Å²) in [6, 6.07) is 14.4. The first kappa shape index (κ1) is 9.48. The summed E-state index contributed by atoms with van der Waals surface area (Å²) in [5.41, 5.74) is 3.38. The molecule has 0 bridgehead atoms. The average molecular weight is 233 g/mol. The largest absolute Gasteiger partial charge is 0.360 e. The Hall–Kier alpha value is -2.55. The normalized spacial score (nSPS) is 11.3. The van der Waals surface area contributed by atoms with Crippen LogP contribution in [0.2, 0.25) is 0 Å². The van der Waals surface area contributed by atoms with Crippen LogP contribution >= 0.6 is 0 Å². The molecular weight excluding hydrogens is 222 g/mol. The third-order valence-electron chi connectivity index (χ3n) is 3.27. The molecule has 0 atom stereocenters. The zero-order chi connectivity index (χ0) is 11.9. The van der Waals surface area contributed by atoms with Crippen molar-refractivity contribution in [2.75, 3.05) is 0 Å². The maximum absolute atomic E-state index is 4.53. The molecule has 1 aromatic carbocycles. The van der Waals surface area contributed by atoms with E-state index in [9.17, 15) is 0 Å². The molecule has 3 heterocycles. The number of aromatic amines is 1. The molecule has 86 valence electrons. The van der Waals surface area contributed by atoms with Gasteiger partial charge in [0.05, 0.1) is 11.7 Å². The van der Waals surface area contributed by atoms with Gasteiger partial charge in [-0.25, -0.2) is 4.98 Å². The number of nitrogens with zero attached hydrogens (tertiary/aromatic N) is 2. The van der Waals surface area contributed by atoms with Crippen molar-refractivity contribution < 1.29 is 0 Å². The zero-order valence-electron chi connectivity index (χ0n) is 9.67. The zero-order valence-corrected chi connectivity index (χ0v) is 9.67. The fraction of sp³-hybridized carbons (Fsp3) is 0. The van der Waals surface area contributed by atoms with Gasteiger partial charge in [0.1, 0.15) is 5.82 Å². The van der Waals surface area contributed by atoms with E-state index in [1.54, 1.807) is 0 Å². The summed E-state index contributed by atoms with van der Waals surface area (Å²) in [6.07, 6.45) is 5.96. The van der Waals surface area contributed by atoms with Crippen molar-refractivity contribution in [1.82, 2.24) is 14.4 Å². The SMILES string of the molecule is c1ccc2c(-c3ncc4ccccn34)c[nH]c2c1. The van der Waals surface area contributed by atoms with Gasteiger partial charge in [-0.05, 0) is 18.2 Å². The fourth-order valence-electron chi connectivity index (χ4n) is 2.40. The van der Waals surface area contributed by atoms with Crippen molar-refractivity contribution in [2.45, 2.75) is 0 Å². The van der Waals surface area contributed by atoms with Crippen molar-refractivity contribution in [1.29, 1.82) is 0 Å². The van der Waals surface area contributed by atoms with E-state index in [4.69, 9.17) is 0 Å². The third kappa shape index (κ3) is 1.21. The van der Waals surface area contributed by atoms with E-state index in [0.29, 0.717) is 0 Å².